The molecule has 0 saturated carbocycles. The Morgan fingerprint density at radius 3 is 2.47 bits per heavy atom. The van der Waals surface area contributed by atoms with E-state index in [1.54, 1.807) is 0 Å². The van der Waals surface area contributed by atoms with E-state index in [0.29, 0.717) is 18.8 Å². The van der Waals surface area contributed by atoms with Gasteiger partial charge >= 0.3 is 0 Å². The number of piperazine rings is 1. The molecule has 2 heterocycles. The molecule has 2 rings (SSSR count). The predicted octanol–water partition coefficient (Wildman–Crippen LogP) is 2.11. The van der Waals surface area contributed by atoms with Gasteiger partial charge in [0.1, 0.15) is 10.7 Å². The van der Waals surface area contributed by atoms with Crippen molar-refractivity contribution in [2.75, 3.05) is 32.7 Å². The van der Waals surface area contributed by atoms with Gasteiger partial charge in [-0.25, -0.2) is 8.42 Å². The standard InChI is InChI=1S/C11H16BrClN2O3S/c1-2-14-3-5-15(6-4-14)19(16,17)10-7-9(8-13)18-11(10)12/h7H,2-6,8H2,1H3. The first-order valence-electron chi connectivity index (χ1n) is 6.05. The molecule has 5 nitrogen and oxygen atoms in total. The van der Waals surface area contributed by atoms with Gasteiger partial charge in [-0.2, -0.15) is 4.31 Å². The quantitative estimate of drug-likeness (QED) is 0.761. The van der Waals surface area contributed by atoms with Gasteiger partial charge in [0.15, 0.2) is 4.67 Å². The summed E-state index contributed by atoms with van der Waals surface area (Å²) in [5.74, 6) is 0.594. The molecule has 0 radical (unpaired) electrons. The number of hydrogen-bond donors (Lipinski definition) is 0. The number of hydrogen-bond acceptors (Lipinski definition) is 4. The molecule has 0 atom stereocenters. The van der Waals surface area contributed by atoms with Crippen LogP contribution in [0.5, 0.6) is 0 Å². The second-order valence-electron chi connectivity index (χ2n) is 4.32. The minimum absolute atomic E-state index is 0.151. The molecule has 0 spiro atoms. The third-order valence-electron chi connectivity index (χ3n) is 3.23. The highest BCUT2D eigenvalue weighted by atomic mass is 79.9. The Morgan fingerprint density at radius 2 is 2.00 bits per heavy atom. The molecular weight excluding hydrogens is 356 g/mol. The average Bonchev–Trinajstić information content (AvgIpc) is 2.81. The van der Waals surface area contributed by atoms with Crippen LogP contribution in [0.3, 0.4) is 0 Å². The van der Waals surface area contributed by atoms with Crippen LogP contribution in [0.15, 0.2) is 20.0 Å². The zero-order chi connectivity index (χ0) is 14.0. The normalized spacial score (nSPS) is 18.9. The lowest BCUT2D eigenvalue weighted by molar-refractivity contribution is 0.196. The van der Waals surface area contributed by atoms with Crippen LogP contribution in [0.4, 0.5) is 0 Å². The smallest absolute Gasteiger partial charge is 0.247 e. The molecule has 0 bridgehead atoms. The van der Waals surface area contributed by atoms with Gasteiger partial charge in [-0.05, 0) is 22.5 Å². The number of nitrogens with zero attached hydrogens (tertiary/aromatic N) is 2. The molecule has 0 aromatic carbocycles. The summed E-state index contributed by atoms with van der Waals surface area (Å²) in [5, 5.41) is 0. The molecule has 1 aromatic rings. The summed E-state index contributed by atoms with van der Waals surface area (Å²) in [7, 11) is -3.51. The van der Waals surface area contributed by atoms with Gasteiger partial charge in [-0.3, -0.25) is 0 Å². The first-order chi connectivity index (χ1) is 8.98. The Bertz CT molecular complexity index is 538. The van der Waals surface area contributed by atoms with Crippen molar-refractivity contribution in [2.45, 2.75) is 17.7 Å². The van der Waals surface area contributed by atoms with E-state index in [9.17, 15) is 8.42 Å². The van der Waals surface area contributed by atoms with Crippen LogP contribution in [0.2, 0.25) is 0 Å². The molecule has 1 aliphatic heterocycles. The van der Waals surface area contributed by atoms with Gasteiger partial charge in [-0.15, -0.1) is 11.6 Å². The van der Waals surface area contributed by atoms with Crippen molar-refractivity contribution in [2.24, 2.45) is 0 Å². The highest BCUT2D eigenvalue weighted by molar-refractivity contribution is 9.10. The van der Waals surface area contributed by atoms with Crippen molar-refractivity contribution in [3.63, 3.8) is 0 Å². The van der Waals surface area contributed by atoms with E-state index in [0.717, 1.165) is 19.6 Å². The summed E-state index contributed by atoms with van der Waals surface area (Å²) in [6.07, 6.45) is 0. The van der Waals surface area contributed by atoms with Gasteiger partial charge in [-0.1, -0.05) is 6.92 Å². The molecule has 0 amide bonds. The topological polar surface area (TPSA) is 53.8 Å². The third kappa shape index (κ3) is 3.16. The van der Waals surface area contributed by atoms with E-state index in [4.69, 9.17) is 16.0 Å². The number of rotatable bonds is 4. The van der Waals surface area contributed by atoms with Crippen molar-refractivity contribution >= 4 is 37.6 Å². The van der Waals surface area contributed by atoms with Crippen molar-refractivity contribution < 1.29 is 12.8 Å². The fourth-order valence-corrected chi connectivity index (χ4v) is 4.58. The minimum Gasteiger partial charge on any atom is -0.452 e. The fraction of sp³-hybridized carbons (Fsp3) is 0.636. The van der Waals surface area contributed by atoms with Crippen LogP contribution in [0.1, 0.15) is 12.7 Å². The summed E-state index contributed by atoms with van der Waals surface area (Å²) >= 11 is 8.80. The molecule has 19 heavy (non-hydrogen) atoms. The van der Waals surface area contributed by atoms with Crippen LogP contribution >= 0.6 is 27.5 Å². The SMILES string of the molecule is CCN1CCN(S(=O)(=O)c2cc(CCl)oc2Br)CC1. The van der Waals surface area contributed by atoms with E-state index in [-0.39, 0.29) is 15.4 Å². The number of alkyl halides is 1. The van der Waals surface area contributed by atoms with E-state index in [1.807, 2.05) is 0 Å². The van der Waals surface area contributed by atoms with Crippen LogP contribution in [0, 0.1) is 0 Å². The highest BCUT2D eigenvalue weighted by Gasteiger charge is 2.31. The minimum atomic E-state index is -3.51. The van der Waals surface area contributed by atoms with Crippen LogP contribution < -0.4 is 0 Å². The second kappa shape index (κ2) is 6.13. The van der Waals surface area contributed by atoms with Crippen molar-refractivity contribution in [3.8, 4) is 0 Å². The number of furan rings is 1. The molecule has 1 fully saturated rings. The lowest BCUT2D eigenvalue weighted by Crippen LogP contribution is -2.48. The Labute approximate surface area is 126 Å². The molecule has 8 heteroatoms. The van der Waals surface area contributed by atoms with E-state index in [2.05, 4.69) is 27.8 Å². The summed E-state index contributed by atoms with van der Waals surface area (Å²) in [5.41, 5.74) is 0. The Kier molecular flexibility index (Phi) is 4.94. The number of likely N-dealkylation sites (N-methyl/N-ethyl adjacent to an activating group) is 1. The molecular formula is C11H16BrClN2O3S. The maximum atomic E-state index is 12.5. The molecule has 0 unspecified atom stereocenters. The summed E-state index contributed by atoms with van der Waals surface area (Å²) in [6.45, 7) is 5.54. The predicted molar refractivity (Wildman–Crippen MR) is 76.8 cm³/mol. The van der Waals surface area contributed by atoms with Gasteiger partial charge in [0.25, 0.3) is 0 Å². The lowest BCUT2D eigenvalue weighted by Gasteiger charge is -2.32. The van der Waals surface area contributed by atoms with Crippen molar-refractivity contribution in [3.05, 3.63) is 16.5 Å². The largest absolute Gasteiger partial charge is 0.452 e. The first-order valence-corrected chi connectivity index (χ1v) is 8.82. The molecule has 108 valence electrons. The van der Waals surface area contributed by atoms with E-state index < -0.39 is 10.0 Å². The molecule has 0 aliphatic carbocycles. The van der Waals surface area contributed by atoms with Crippen molar-refractivity contribution in [1.82, 2.24) is 9.21 Å². The zero-order valence-electron chi connectivity index (χ0n) is 10.6. The maximum Gasteiger partial charge on any atom is 0.247 e. The van der Waals surface area contributed by atoms with E-state index in [1.165, 1.54) is 10.4 Å². The second-order valence-corrected chi connectivity index (χ2v) is 7.22. The Morgan fingerprint density at radius 1 is 1.37 bits per heavy atom. The molecule has 0 N–H and O–H groups in total. The summed E-state index contributed by atoms with van der Waals surface area (Å²) in [6, 6.07) is 1.48. The van der Waals surface area contributed by atoms with Gasteiger partial charge in [0.2, 0.25) is 10.0 Å². The van der Waals surface area contributed by atoms with Gasteiger partial charge in [0, 0.05) is 32.2 Å². The average molecular weight is 372 g/mol. The summed E-state index contributed by atoms with van der Waals surface area (Å²) in [4.78, 5) is 2.38. The first kappa shape index (κ1) is 15.3. The van der Waals surface area contributed by atoms with Crippen molar-refractivity contribution in [1.29, 1.82) is 0 Å². The number of sulfonamides is 1. The Balaban J connectivity index is 2.20. The number of halogens is 2. The maximum absolute atomic E-state index is 12.5. The van der Waals surface area contributed by atoms with Crippen LogP contribution in [-0.4, -0.2) is 50.3 Å². The lowest BCUT2D eigenvalue weighted by atomic mass is 10.4. The monoisotopic (exact) mass is 370 g/mol. The van der Waals surface area contributed by atoms with Gasteiger partial charge < -0.3 is 9.32 Å². The highest BCUT2D eigenvalue weighted by Crippen LogP contribution is 2.29. The molecule has 1 saturated heterocycles. The molecule has 1 aliphatic rings. The van der Waals surface area contributed by atoms with Crippen LogP contribution in [0.25, 0.3) is 0 Å². The Hall–Kier alpha value is -0.0800. The molecule has 1 aromatic heterocycles. The fourth-order valence-electron chi connectivity index (χ4n) is 2.06. The van der Waals surface area contributed by atoms with E-state index >= 15 is 0 Å². The summed E-state index contributed by atoms with van der Waals surface area (Å²) < 4.78 is 32.0. The van der Waals surface area contributed by atoms with Gasteiger partial charge in [0.05, 0.1) is 5.88 Å². The van der Waals surface area contributed by atoms with Crippen LogP contribution in [-0.2, 0) is 15.9 Å². The third-order valence-corrected chi connectivity index (χ3v) is 6.25. The zero-order valence-corrected chi connectivity index (χ0v) is 13.8.